The van der Waals surface area contributed by atoms with Gasteiger partial charge >= 0.3 is 0 Å². The number of hydrogen-bond acceptors (Lipinski definition) is 4. The number of carbonyl (C=O) groups excluding carboxylic acids is 1. The van der Waals surface area contributed by atoms with Gasteiger partial charge in [0.2, 0.25) is 10.0 Å². The van der Waals surface area contributed by atoms with Crippen LogP contribution in [0, 0.1) is 5.82 Å². The van der Waals surface area contributed by atoms with Gasteiger partial charge < -0.3 is 0 Å². The van der Waals surface area contributed by atoms with Crippen molar-refractivity contribution in [3.8, 4) is 16.8 Å². The van der Waals surface area contributed by atoms with Gasteiger partial charge in [-0.15, -0.1) is 0 Å². The summed E-state index contributed by atoms with van der Waals surface area (Å²) in [7, 11) is -3.86. The average Bonchev–Trinajstić information content (AvgIpc) is 3.08. The molecule has 0 spiro atoms. The van der Waals surface area contributed by atoms with E-state index in [4.69, 9.17) is 23.2 Å². The van der Waals surface area contributed by atoms with Gasteiger partial charge in [0.05, 0.1) is 22.5 Å². The van der Waals surface area contributed by atoms with Crippen molar-refractivity contribution in [1.29, 1.82) is 0 Å². The summed E-state index contributed by atoms with van der Waals surface area (Å²) in [5.74, 6) is -2.03. The van der Waals surface area contributed by atoms with E-state index in [1.54, 1.807) is 39.9 Å². The van der Waals surface area contributed by atoms with Gasteiger partial charge in [0.1, 0.15) is 11.5 Å². The fourth-order valence-electron chi connectivity index (χ4n) is 3.22. The minimum Gasteiger partial charge on any atom is -0.299 e. The van der Waals surface area contributed by atoms with Gasteiger partial charge in [-0.25, -0.2) is 22.5 Å². The molecule has 4 rings (SSSR count). The van der Waals surface area contributed by atoms with Crippen LogP contribution in [0.3, 0.4) is 0 Å². The van der Waals surface area contributed by atoms with Crippen molar-refractivity contribution in [2.24, 2.45) is 0 Å². The van der Waals surface area contributed by atoms with Crippen molar-refractivity contribution in [2.45, 2.75) is 0 Å². The van der Waals surface area contributed by atoms with Gasteiger partial charge in [0, 0.05) is 34.4 Å². The molecule has 158 valence electrons. The van der Waals surface area contributed by atoms with Crippen LogP contribution in [0.2, 0.25) is 10.0 Å². The summed E-state index contributed by atoms with van der Waals surface area (Å²) >= 11 is 12.4. The summed E-state index contributed by atoms with van der Waals surface area (Å²) in [6.45, 7) is 0. The lowest BCUT2D eigenvalue weighted by molar-refractivity contribution is 0.0978. The predicted molar refractivity (Wildman–Crippen MR) is 119 cm³/mol. The van der Waals surface area contributed by atoms with E-state index < -0.39 is 27.3 Å². The zero-order valence-electron chi connectivity index (χ0n) is 15.9. The number of aromatic nitrogens is 2. The van der Waals surface area contributed by atoms with Gasteiger partial charge in [-0.1, -0.05) is 35.3 Å². The molecule has 0 saturated heterocycles. The van der Waals surface area contributed by atoms with E-state index in [1.807, 2.05) is 18.2 Å². The maximum Gasteiger partial charge on any atom is 0.267 e. The molecule has 0 aliphatic carbocycles. The van der Waals surface area contributed by atoms with Crippen LogP contribution in [0.4, 0.5) is 4.39 Å². The minimum atomic E-state index is -3.86. The van der Waals surface area contributed by atoms with E-state index in [0.29, 0.717) is 10.7 Å². The number of pyridine rings is 1. The smallest absolute Gasteiger partial charge is 0.267 e. The second-order valence-electron chi connectivity index (χ2n) is 6.78. The van der Waals surface area contributed by atoms with Crippen LogP contribution < -0.4 is 4.72 Å². The van der Waals surface area contributed by atoms with E-state index >= 15 is 0 Å². The van der Waals surface area contributed by atoms with Crippen LogP contribution in [-0.2, 0) is 10.0 Å². The molecule has 10 heteroatoms. The number of carbonyl (C=O) groups is 1. The van der Waals surface area contributed by atoms with Gasteiger partial charge in [-0.05, 0) is 35.9 Å². The highest BCUT2D eigenvalue weighted by Crippen LogP contribution is 2.34. The molecule has 2 aromatic carbocycles. The van der Waals surface area contributed by atoms with Crippen molar-refractivity contribution in [2.75, 3.05) is 6.26 Å². The molecule has 0 bridgehead atoms. The molecule has 0 aliphatic rings. The lowest BCUT2D eigenvalue weighted by atomic mass is 10.1. The molecule has 0 unspecified atom stereocenters. The predicted octanol–water partition coefficient (Wildman–Crippen LogP) is 4.83. The number of nitrogens with one attached hydrogen (secondary N) is 1. The minimum absolute atomic E-state index is 0.0465. The number of halogens is 3. The molecule has 0 radical (unpaired) electrons. The number of rotatable bonds is 4. The van der Waals surface area contributed by atoms with E-state index in [9.17, 15) is 17.6 Å². The zero-order valence-corrected chi connectivity index (χ0v) is 18.3. The quantitative estimate of drug-likeness (QED) is 0.456. The molecule has 0 saturated carbocycles. The molecule has 2 heterocycles. The van der Waals surface area contributed by atoms with Crippen LogP contribution in [-0.4, -0.2) is 30.1 Å². The maximum absolute atomic E-state index is 14.8. The van der Waals surface area contributed by atoms with Gasteiger partial charge in [-0.3, -0.25) is 9.36 Å². The third-order valence-electron chi connectivity index (χ3n) is 4.54. The molecular formula is C21H14Cl2FN3O3S. The number of hydrogen-bond donors (Lipinski definition) is 1. The standard InChI is InChI=1S/C21H14Cl2FN3O3S/c1-31(29,30)26-21(28)15-9-17(23)19(10-18(15)24)27-11-16(12-4-6-13(22)7-5-12)14-3-2-8-25-20(14)27/h2-11H,1H3,(H,26,28). The first-order valence-corrected chi connectivity index (χ1v) is 11.5. The molecule has 0 aliphatic heterocycles. The molecule has 4 aromatic rings. The summed E-state index contributed by atoms with van der Waals surface area (Å²) in [6.07, 6.45) is 4.16. The van der Waals surface area contributed by atoms with E-state index in [0.717, 1.165) is 34.9 Å². The Bertz CT molecular complexity index is 1430. The molecular weight excluding hydrogens is 464 g/mol. The second kappa shape index (κ2) is 7.96. The summed E-state index contributed by atoms with van der Waals surface area (Å²) in [4.78, 5) is 16.5. The van der Waals surface area contributed by atoms with Crippen molar-refractivity contribution in [3.63, 3.8) is 0 Å². The first-order valence-electron chi connectivity index (χ1n) is 8.87. The van der Waals surface area contributed by atoms with Crippen LogP contribution in [0.25, 0.3) is 27.8 Å². The van der Waals surface area contributed by atoms with Crippen molar-refractivity contribution in [3.05, 3.63) is 82.4 Å². The molecule has 0 atom stereocenters. The first kappa shape index (κ1) is 21.3. The number of benzene rings is 2. The normalized spacial score (nSPS) is 11.6. The third kappa shape index (κ3) is 4.27. The molecule has 2 aromatic heterocycles. The summed E-state index contributed by atoms with van der Waals surface area (Å²) in [5.41, 5.74) is 2.00. The largest absolute Gasteiger partial charge is 0.299 e. The van der Waals surface area contributed by atoms with Gasteiger partial charge in [0.15, 0.2) is 0 Å². The first-order chi connectivity index (χ1) is 14.6. The van der Waals surface area contributed by atoms with E-state index in [2.05, 4.69) is 4.98 Å². The Hall–Kier alpha value is -2.94. The molecule has 6 nitrogen and oxygen atoms in total. The van der Waals surface area contributed by atoms with Gasteiger partial charge in [0.25, 0.3) is 5.91 Å². The number of fused-ring (bicyclic) bond motifs is 1. The van der Waals surface area contributed by atoms with Gasteiger partial charge in [-0.2, -0.15) is 0 Å². The van der Waals surface area contributed by atoms with Crippen molar-refractivity contribution in [1.82, 2.24) is 14.3 Å². The summed E-state index contributed by atoms with van der Waals surface area (Å²) < 4.78 is 40.7. The zero-order chi connectivity index (χ0) is 22.3. The molecule has 1 N–H and O–H groups in total. The number of sulfonamides is 1. The van der Waals surface area contributed by atoms with Crippen molar-refractivity contribution < 1.29 is 17.6 Å². The topological polar surface area (TPSA) is 81.1 Å². The fourth-order valence-corrected chi connectivity index (χ4v) is 4.05. The summed E-state index contributed by atoms with van der Waals surface area (Å²) in [6, 6.07) is 13.1. The Morgan fingerprint density at radius 1 is 1.13 bits per heavy atom. The lowest BCUT2D eigenvalue weighted by Gasteiger charge is -2.10. The van der Waals surface area contributed by atoms with E-state index in [-0.39, 0.29) is 10.7 Å². The molecule has 0 fully saturated rings. The Labute approximate surface area is 187 Å². The molecule has 31 heavy (non-hydrogen) atoms. The highest BCUT2D eigenvalue weighted by Gasteiger charge is 2.21. The van der Waals surface area contributed by atoms with E-state index in [1.165, 1.54) is 0 Å². The monoisotopic (exact) mass is 477 g/mol. The summed E-state index contributed by atoms with van der Waals surface area (Å²) in [5, 5.41) is 1.45. The Morgan fingerprint density at radius 2 is 1.84 bits per heavy atom. The number of nitrogens with zero attached hydrogens (tertiary/aromatic N) is 2. The van der Waals surface area contributed by atoms with Crippen LogP contribution >= 0.6 is 23.2 Å². The molecule has 1 amide bonds. The maximum atomic E-state index is 14.8. The van der Waals surface area contributed by atoms with Crippen LogP contribution in [0.1, 0.15) is 10.4 Å². The Kier molecular flexibility index (Phi) is 5.47. The fraction of sp³-hybridized carbons (Fsp3) is 0.0476. The lowest BCUT2D eigenvalue weighted by Crippen LogP contribution is -2.30. The van der Waals surface area contributed by atoms with Crippen LogP contribution in [0.15, 0.2) is 60.9 Å². The Balaban J connectivity index is 1.87. The SMILES string of the molecule is CS(=O)(=O)NC(=O)c1cc(Cl)c(-n2cc(-c3ccc(Cl)cc3)c3cccnc32)cc1F. The second-order valence-corrected chi connectivity index (χ2v) is 9.37. The average molecular weight is 478 g/mol. The van der Waals surface area contributed by atoms with Crippen molar-refractivity contribution >= 4 is 50.2 Å². The number of amides is 1. The highest BCUT2D eigenvalue weighted by molar-refractivity contribution is 7.89. The third-order valence-corrected chi connectivity index (χ3v) is 5.65. The highest BCUT2D eigenvalue weighted by atomic mass is 35.5. The van der Waals surface area contributed by atoms with Crippen LogP contribution in [0.5, 0.6) is 0 Å². The Morgan fingerprint density at radius 3 is 2.52 bits per heavy atom.